The predicted octanol–water partition coefficient (Wildman–Crippen LogP) is 6.11. The minimum Gasteiger partial charge on any atom is -0.506 e. The lowest BCUT2D eigenvalue weighted by atomic mass is 9.70. The van der Waals surface area contributed by atoms with Crippen molar-refractivity contribution in [3.8, 4) is 16.9 Å². The van der Waals surface area contributed by atoms with Crippen LogP contribution >= 0.6 is 0 Å². The van der Waals surface area contributed by atoms with Crippen LogP contribution in [0.5, 0.6) is 5.75 Å². The Morgan fingerprint density at radius 1 is 0.700 bits per heavy atom. The van der Waals surface area contributed by atoms with E-state index in [0.29, 0.717) is 5.56 Å². The Balaban J connectivity index is 2.05. The van der Waals surface area contributed by atoms with E-state index in [2.05, 4.69) is 6.92 Å². The minimum atomic E-state index is -1.16. The highest BCUT2D eigenvalue weighted by Crippen LogP contribution is 2.43. The molecule has 2 N–H and O–H groups in total. The van der Waals surface area contributed by atoms with Crippen LogP contribution in [0.15, 0.2) is 103 Å². The van der Waals surface area contributed by atoms with Crippen LogP contribution in [0.4, 0.5) is 0 Å². The first-order valence-electron chi connectivity index (χ1n) is 9.79. The molecule has 4 rings (SSSR count). The third kappa shape index (κ3) is 3.35. The molecule has 4 aromatic carbocycles. The van der Waals surface area contributed by atoms with Crippen LogP contribution in [0.25, 0.3) is 11.1 Å². The van der Waals surface area contributed by atoms with E-state index < -0.39 is 11.4 Å². The largest absolute Gasteiger partial charge is 0.506 e. The van der Waals surface area contributed by atoms with E-state index in [4.69, 9.17) is 0 Å². The van der Waals surface area contributed by atoms with Gasteiger partial charge >= 0.3 is 5.97 Å². The van der Waals surface area contributed by atoms with Crippen LogP contribution in [0.3, 0.4) is 0 Å². The van der Waals surface area contributed by atoms with E-state index in [0.717, 1.165) is 22.3 Å². The summed E-state index contributed by atoms with van der Waals surface area (Å²) in [5, 5.41) is 20.6. The lowest BCUT2D eigenvalue weighted by Gasteiger charge is -2.33. The van der Waals surface area contributed by atoms with Crippen molar-refractivity contribution in [2.45, 2.75) is 12.3 Å². The molecule has 0 aliphatic rings. The van der Waals surface area contributed by atoms with Gasteiger partial charge in [0, 0.05) is 11.0 Å². The van der Waals surface area contributed by atoms with Crippen molar-refractivity contribution in [3.05, 3.63) is 125 Å². The van der Waals surface area contributed by atoms with Gasteiger partial charge in [-0.3, -0.25) is 0 Å². The summed E-state index contributed by atoms with van der Waals surface area (Å²) in [6.07, 6.45) is 0. The van der Waals surface area contributed by atoms with E-state index in [1.165, 1.54) is 0 Å². The number of rotatable bonds is 5. The number of hydrogen-bond donors (Lipinski definition) is 2. The van der Waals surface area contributed by atoms with Crippen molar-refractivity contribution in [3.63, 3.8) is 0 Å². The molecule has 0 spiro atoms. The molecule has 0 unspecified atom stereocenters. The summed E-state index contributed by atoms with van der Waals surface area (Å²) < 4.78 is 0. The average Bonchev–Trinajstić information content (AvgIpc) is 2.80. The molecular weight excluding hydrogens is 372 g/mol. The number of carboxylic acid groups (broad SMARTS) is 1. The molecule has 0 saturated carbocycles. The zero-order valence-electron chi connectivity index (χ0n) is 16.6. The molecule has 0 bridgehead atoms. The van der Waals surface area contributed by atoms with Crippen molar-refractivity contribution in [1.29, 1.82) is 0 Å². The van der Waals surface area contributed by atoms with Crippen LogP contribution in [-0.2, 0) is 5.41 Å². The first kappa shape index (κ1) is 19.5. The maximum Gasteiger partial charge on any atom is 0.339 e. The number of benzene rings is 4. The van der Waals surface area contributed by atoms with Gasteiger partial charge in [-0.1, -0.05) is 91.0 Å². The summed E-state index contributed by atoms with van der Waals surface area (Å²) >= 11 is 0. The van der Waals surface area contributed by atoms with Crippen molar-refractivity contribution < 1.29 is 15.0 Å². The molecule has 0 aliphatic heterocycles. The maximum absolute atomic E-state index is 12.0. The molecule has 0 aromatic heterocycles. The normalized spacial score (nSPS) is 11.2. The highest BCUT2D eigenvalue weighted by molar-refractivity contribution is 5.95. The highest BCUT2D eigenvalue weighted by Gasteiger charge is 2.33. The summed E-state index contributed by atoms with van der Waals surface area (Å²) in [7, 11) is 0. The zero-order valence-corrected chi connectivity index (χ0v) is 16.6. The minimum absolute atomic E-state index is 0.107. The predicted molar refractivity (Wildman–Crippen MR) is 119 cm³/mol. The Kier molecular flexibility index (Phi) is 5.11. The summed E-state index contributed by atoms with van der Waals surface area (Å²) in [4.78, 5) is 12.0. The van der Waals surface area contributed by atoms with Crippen molar-refractivity contribution in [1.82, 2.24) is 0 Å². The first-order valence-corrected chi connectivity index (χ1v) is 9.79. The molecule has 4 aromatic rings. The number of phenols is 1. The molecule has 0 amide bonds. The number of hydrogen-bond acceptors (Lipinski definition) is 2. The van der Waals surface area contributed by atoms with E-state index in [-0.39, 0.29) is 11.3 Å². The molecule has 0 radical (unpaired) electrons. The SMILES string of the molecule is CC(c1ccccc1)(c1ccccc1)c1cc(C(=O)O)c(O)c(-c2ccccc2)c1. The molecule has 148 valence electrons. The number of carboxylic acids is 1. The van der Waals surface area contributed by atoms with Gasteiger partial charge in [0.1, 0.15) is 11.3 Å². The topological polar surface area (TPSA) is 57.5 Å². The van der Waals surface area contributed by atoms with Crippen molar-refractivity contribution in [2.75, 3.05) is 0 Å². The van der Waals surface area contributed by atoms with Crippen LogP contribution in [0, 0.1) is 0 Å². The van der Waals surface area contributed by atoms with Gasteiger partial charge in [0.2, 0.25) is 0 Å². The van der Waals surface area contributed by atoms with Gasteiger partial charge in [-0.2, -0.15) is 0 Å². The Hall–Kier alpha value is -3.85. The molecule has 0 aliphatic carbocycles. The van der Waals surface area contributed by atoms with Crippen molar-refractivity contribution in [2.24, 2.45) is 0 Å². The number of carbonyl (C=O) groups is 1. The first-order chi connectivity index (χ1) is 14.5. The Labute approximate surface area is 175 Å². The third-order valence-corrected chi connectivity index (χ3v) is 5.70. The Morgan fingerprint density at radius 2 is 1.17 bits per heavy atom. The third-order valence-electron chi connectivity index (χ3n) is 5.70. The van der Waals surface area contributed by atoms with E-state index >= 15 is 0 Å². The van der Waals surface area contributed by atoms with Gasteiger partial charge in [-0.05, 0) is 41.3 Å². The maximum atomic E-state index is 12.0. The average molecular weight is 394 g/mol. The Morgan fingerprint density at radius 3 is 1.63 bits per heavy atom. The molecule has 0 saturated heterocycles. The number of aromatic carboxylic acids is 1. The van der Waals surface area contributed by atoms with Crippen molar-refractivity contribution >= 4 is 5.97 Å². The monoisotopic (exact) mass is 394 g/mol. The van der Waals surface area contributed by atoms with Gasteiger partial charge in [0.05, 0.1) is 0 Å². The molecule has 3 heteroatoms. The Bertz CT molecular complexity index is 1130. The second-order valence-corrected chi connectivity index (χ2v) is 7.45. The van der Waals surface area contributed by atoms with Crippen LogP contribution in [0.2, 0.25) is 0 Å². The summed E-state index contributed by atoms with van der Waals surface area (Å²) in [5.74, 6) is -1.38. The second-order valence-electron chi connectivity index (χ2n) is 7.45. The van der Waals surface area contributed by atoms with Gasteiger partial charge in [0.15, 0.2) is 0 Å². The standard InChI is InChI=1S/C27H22O3/c1-27(20-13-7-3-8-14-20,21-15-9-4-10-16-21)22-17-23(19-11-5-2-6-12-19)25(28)24(18-22)26(29)30/h2-18,28H,1H3,(H,29,30). The molecule has 0 heterocycles. The summed E-state index contributed by atoms with van der Waals surface area (Å²) in [6, 6.07) is 32.9. The van der Waals surface area contributed by atoms with Gasteiger partial charge in [0.25, 0.3) is 0 Å². The van der Waals surface area contributed by atoms with Gasteiger partial charge in [-0.25, -0.2) is 4.79 Å². The lowest BCUT2D eigenvalue weighted by molar-refractivity contribution is 0.0693. The smallest absolute Gasteiger partial charge is 0.339 e. The van der Waals surface area contributed by atoms with Gasteiger partial charge < -0.3 is 10.2 Å². The van der Waals surface area contributed by atoms with Crippen LogP contribution in [0.1, 0.15) is 34.0 Å². The molecule has 0 atom stereocenters. The van der Waals surface area contributed by atoms with Crippen LogP contribution in [-0.4, -0.2) is 16.2 Å². The zero-order chi connectivity index (χ0) is 21.1. The lowest BCUT2D eigenvalue weighted by Crippen LogP contribution is -2.26. The highest BCUT2D eigenvalue weighted by atomic mass is 16.4. The fraction of sp³-hybridized carbons (Fsp3) is 0.0741. The molecule has 30 heavy (non-hydrogen) atoms. The second kappa shape index (κ2) is 7.88. The quantitative estimate of drug-likeness (QED) is 0.401. The molecule has 0 fully saturated rings. The number of aromatic hydroxyl groups is 1. The van der Waals surface area contributed by atoms with E-state index in [9.17, 15) is 15.0 Å². The fourth-order valence-corrected chi connectivity index (χ4v) is 3.97. The van der Waals surface area contributed by atoms with E-state index in [1.54, 1.807) is 6.07 Å². The van der Waals surface area contributed by atoms with Gasteiger partial charge in [-0.15, -0.1) is 0 Å². The van der Waals surface area contributed by atoms with E-state index in [1.807, 2.05) is 97.1 Å². The molecular formula is C27H22O3. The van der Waals surface area contributed by atoms with Crippen LogP contribution < -0.4 is 0 Å². The summed E-state index contributed by atoms with van der Waals surface area (Å²) in [6.45, 7) is 2.09. The molecule has 3 nitrogen and oxygen atoms in total. The summed E-state index contributed by atoms with van der Waals surface area (Å²) in [5.41, 5.74) is 3.43. The fourth-order valence-electron chi connectivity index (χ4n) is 3.97.